The van der Waals surface area contributed by atoms with Crippen molar-refractivity contribution >= 4 is 0 Å². The lowest BCUT2D eigenvalue weighted by Gasteiger charge is -2.52. The number of allylic oxidation sites excluding steroid dienone is 8. The summed E-state index contributed by atoms with van der Waals surface area (Å²) in [5.41, 5.74) is 6.53. The first-order valence-corrected chi connectivity index (χ1v) is 10.3. The van der Waals surface area contributed by atoms with Gasteiger partial charge in [0.15, 0.2) is 0 Å². The average Bonchev–Trinajstić information content (AvgIpc) is 2.85. The number of rotatable bonds is 2. The number of hydrogen-bond acceptors (Lipinski definition) is 0. The van der Waals surface area contributed by atoms with Crippen LogP contribution in [0.1, 0.15) is 59.8 Å². The van der Waals surface area contributed by atoms with Crippen molar-refractivity contribution in [2.24, 2.45) is 34.5 Å². The van der Waals surface area contributed by atoms with Crippen molar-refractivity contribution in [1.29, 1.82) is 0 Å². The van der Waals surface area contributed by atoms with Crippen LogP contribution in [-0.4, -0.2) is 0 Å². The van der Waals surface area contributed by atoms with Crippen molar-refractivity contribution in [3.8, 4) is 0 Å². The van der Waals surface area contributed by atoms with E-state index in [1.54, 1.807) is 11.1 Å². The summed E-state index contributed by atoms with van der Waals surface area (Å²) in [6.07, 6.45) is 16.0. The molecule has 0 bridgehead atoms. The van der Waals surface area contributed by atoms with Crippen LogP contribution in [0.25, 0.3) is 0 Å². The van der Waals surface area contributed by atoms with E-state index in [1.807, 2.05) is 0 Å². The first-order valence-electron chi connectivity index (χ1n) is 10.3. The molecular weight excluding hydrogens is 300 g/mol. The van der Waals surface area contributed by atoms with Crippen LogP contribution in [0.5, 0.6) is 0 Å². The molecule has 0 N–H and O–H groups in total. The molecule has 0 radical (unpaired) electrons. The summed E-state index contributed by atoms with van der Waals surface area (Å²) in [5.74, 6) is 3.06. The minimum atomic E-state index is 0.147. The van der Waals surface area contributed by atoms with E-state index in [0.717, 1.165) is 24.2 Å². The third-order valence-electron chi connectivity index (χ3n) is 8.28. The number of hydrogen-bond donors (Lipinski definition) is 0. The van der Waals surface area contributed by atoms with Gasteiger partial charge in [-0.2, -0.15) is 0 Å². The Hall–Kier alpha value is -1.30. The van der Waals surface area contributed by atoms with E-state index in [2.05, 4.69) is 65.2 Å². The molecule has 2 fully saturated rings. The molecule has 4 aliphatic rings. The van der Waals surface area contributed by atoms with Crippen molar-refractivity contribution in [2.45, 2.75) is 59.8 Å². The molecule has 0 amide bonds. The molecule has 0 aromatic carbocycles. The topological polar surface area (TPSA) is 0 Å². The summed E-state index contributed by atoms with van der Waals surface area (Å²) in [6.45, 7) is 18.4. The van der Waals surface area contributed by atoms with Gasteiger partial charge in [-0.1, -0.05) is 75.0 Å². The van der Waals surface area contributed by atoms with Gasteiger partial charge in [0.25, 0.3) is 0 Å². The summed E-state index contributed by atoms with van der Waals surface area (Å²) in [4.78, 5) is 0. The van der Waals surface area contributed by atoms with Gasteiger partial charge in [0.05, 0.1) is 0 Å². The molecule has 0 aromatic rings. The SMILES string of the molecule is C=C1C=CC2(C)C(=C1)CCC1C2=CCC2(C)C1C[C@@H](C)C2C(=C)CC. The lowest BCUT2D eigenvalue weighted by Crippen LogP contribution is -2.43. The van der Waals surface area contributed by atoms with E-state index in [9.17, 15) is 0 Å². The zero-order chi connectivity index (χ0) is 18.0. The largest absolute Gasteiger partial charge is 0.0996 e. The third kappa shape index (κ3) is 2.25. The lowest BCUT2D eigenvalue weighted by molar-refractivity contribution is 0.102. The molecule has 0 heterocycles. The summed E-state index contributed by atoms with van der Waals surface area (Å²) in [6, 6.07) is 0. The molecule has 0 aliphatic heterocycles. The van der Waals surface area contributed by atoms with E-state index < -0.39 is 0 Å². The molecule has 4 rings (SSSR count). The quantitative estimate of drug-likeness (QED) is 0.475. The van der Waals surface area contributed by atoms with Crippen LogP contribution in [-0.2, 0) is 0 Å². The molecule has 0 spiro atoms. The molecule has 4 aliphatic carbocycles. The Kier molecular flexibility index (Phi) is 3.84. The predicted molar refractivity (Wildman–Crippen MR) is 108 cm³/mol. The van der Waals surface area contributed by atoms with E-state index in [0.29, 0.717) is 11.3 Å². The van der Waals surface area contributed by atoms with Crippen LogP contribution >= 0.6 is 0 Å². The lowest BCUT2D eigenvalue weighted by atomic mass is 9.52. The van der Waals surface area contributed by atoms with Gasteiger partial charge >= 0.3 is 0 Å². The van der Waals surface area contributed by atoms with E-state index >= 15 is 0 Å². The van der Waals surface area contributed by atoms with Crippen molar-refractivity contribution in [3.05, 3.63) is 59.8 Å². The smallest absolute Gasteiger partial charge is 0.0281 e. The first kappa shape index (κ1) is 17.1. The Morgan fingerprint density at radius 1 is 1.32 bits per heavy atom. The van der Waals surface area contributed by atoms with E-state index in [-0.39, 0.29) is 5.41 Å². The fraction of sp³-hybridized carbons (Fsp3) is 0.600. The zero-order valence-corrected chi connectivity index (χ0v) is 16.6. The second-order valence-electron chi connectivity index (χ2n) is 9.60. The highest BCUT2D eigenvalue weighted by atomic mass is 14.6. The molecule has 5 unspecified atom stereocenters. The van der Waals surface area contributed by atoms with Gasteiger partial charge in [-0.15, -0.1) is 0 Å². The van der Waals surface area contributed by atoms with Gasteiger partial charge < -0.3 is 0 Å². The predicted octanol–water partition coefficient (Wildman–Crippen LogP) is 7.03. The summed E-state index contributed by atoms with van der Waals surface area (Å²) in [7, 11) is 0. The van der Waals surface area contributed by atoms with Crippen LogP contribution in [0, 0.1) is 34.5 Å². The van der Waals surface area contributed by atoms with Crippen molar-refractivity contribution in [2.75, 3.05) is 0 Å². The Balaban J connectivity index is 1.75. The highest BCUT2D eigenvalue weighted by Gasteiger charge is 2.57. The average molecular weight is 335 g/mol. The molecule has 0 saturated heterocycles. The van der Waals surface area contributed by atoms with Gasteiger partial charge in [0.2, 0.25) is 0 Å². The van der Waals surface area contributed by atoms with Crippen LogP contribution < -0.4 is 0 Å². The Morgan fingerprint density at radius 2 is 2.08 bits per heavy atom. The minimum Gasteiger partial charge on any atom is -0.0996 e. The molecule has 0 heteroatoms. The zero-order valence-electron chi connectivity index (χ0n) is 16.6. The summed E-state index contributed by atoms with van der Waals surface area (Å²) >= 11 is 0. The van der Waals surface area contributed by atoms with Crippen LogP contribution in [0.2, 0.25) is 0 Å². The van der Waals surface area contributed by atoms with E-state index in [1.165, 1.54) is 36.8 Å². The molecule has 2 saturated carbocycles. The van der Waals surface area contributed by atoms with Crippen LogP contribution in [0.4, 0.5) is 0 Å². The monoisotopic (exact) mass is 334 g/mol. The van der Waals surface area contributed by atoms with Crippen molar-refractivity contribution in [1.82, 2.24) is 0 Å². The van der Waals surface area contributed by atoms with Gasteiger partial charge in [-0.3, -0.25) is 0 Å². The van der Waals surface area contributed by atoms with Gasteiger partial charge in [-0.25, -0.2) is 0 Å². The summed E-state index contributed by atoms with van der Waals surface area (Å²) < 4.78 is 0. The van der Waals surface area contributed by atoms with Crippen molar-refractivity contribution < 1.29 is 0 Å². The molecule has 0 aromatic heterocycles. The van der Waals surface area contributed by atoms with Gasteiger partial charge in [0.1, 0.15) is 0 Å². The van der Waals surface area contributed by atoms with Crippen molar-refractivity contribution in [3.63, 3.8) is 0 Å². The molecule has 25 heavy (non-hydrogen) atoms. The molecule has 6 atom stereocenters. The van der Waals surface area contributed by atoms with Gasteiger partial charge in [0, 0.05) is 5.41 Å². The minimum absolute atomic E-state index is 0.147. The first-order chi connectivity index (χ1) is 11.8. The maximum atomic E-state index is 4.48. The fourth-order valence-electron chi connectivity index (χ4n) is 7.06. The Morgan fingerprint density at radius 3 is 2.80 bits per heavy atom. The highest BCUT2D eigenvalue weighted by Crippen LogP contribution is 2.66. The number of fused-ring (bicyclic) bond motifs is 5. The Bertz CT molecular complexity index is 714. The van der Waals surface area contributed by atoms with E-state index in [4.69, 9.17) is 0 Å². The Labute approximate surface area is 154 Å². The maximum absolute atomic E-state index is 4.48. The standard InChI is InChI=1S/C25H34/c1-7-17(3)23-18(4)15-22-20-9-8-19-14-16(2)10-12-24(19,5)21(20)11-13-25(22,23)6/h10-12,14,18,20,22-23H,2-3,7-9,13,15H2,1,4-6H3/t18-,20?,22?,23?,24?,25?/m1/s1. The van der Waals surface area contributed by atoms with Crippen LogP contribution in [0.15, 0.2) is 59.8 Å². The maximum Gasteiger partial charge on any atom is 0.0281 e. The fourth-order valence-corrected chi connectivity index (χ4v) is 7.06. The summed E-state index contributed by atoms with van der Waals surface area (Å²) in [5, 5.41) is 0. The normalized spacial score (nSPS) is 45.2. The third-order valence-corrected chi connectivity index (χ3v) is 8.28. The highest BCUT2D eigenvalue weighted by molar-refractivity contribution is 5.50. The molecule has 134 valence electrons. The molecular formula is C25H34. The molecule has 0 nitrogen and oxygen atoms in total. The van der Waals surface area contributed by atoms with Gasteiger partial charge in [-0.05, 0) is 73.7 Å². The van der Waals surface area contributed by atoms with Crippen LogP contribution in [0.3, 0.4) is 0 Å². The second kappa shape index (κ2) is 5.60. The second-order valence-corrected chi connectivity index (χ2v) is 9.60.